The van der Waals surface area contributed by atoms with E-state index in [4.69, 9.17) is 5.73 Å². The van der Waals surface area contributed by atoms with Gasteiger partial charge >= 0.3 is 0 Å². The number of anilines is 1. The standard InChI is InChI=1S/C36H41F2N9O3/c37-29-18-26(19-30(38)32(29)36(50)42-28-13-15-40-16-14-28)23-5-1-21(2-6-23)17-31(43-34(48)25-7-3-22(20-39)4-8-25)35(49)41-27-11-9-24(10-12-27)33-44-46-47-45-33/h1-2,5-6,9-12,18-19,22,25,28,31,40H,3-4,7-8,13-17,20,39H2,(H,41,49)(H,42,50)(H,43,48)(H,44,45,46,47). The average Bonchev–Trinajstić information content (AvgIpc) is 3.67. The number of hydrogen-bond acceptors (Lipinski definition) is 8. The molecule has 0 spiro atoms. The highest BCUT2D eigenvalue weighted by Gasteiger charge is 2.30. The van der Waals surface area contributed by atoms with Crippen LogP contribution in [0.15, 0.2) is 60.7 Å². The Labute approximate surface area is 288 Å². The molecule has 1 aliphatic heterocycles. The third-order valence-corrected chi connectivity index (χ3v) is 9.61. The van der Waals surface area contributed by atoms with Gasteiger partial charge in [0, 0.05) is 29.6 Å². The van der Waals surface area contributed by atoms with Crippen LogP contribution in [0.2, 0.25) is 0 Å². The number of aromatic nitrogens is 4. The second-order valence-corrected chi connectivity index (χ2v) is 13.0. The normalized spacial score (nSPS) is 18.6. The smallest absolute Gasteiger partial charge is 0.257 e. The highest BCUT2D eigenvalue weighted by atomic mass is 19.1. The van der Waals surface area contributed by atoms with Crippen molar-refractivity contribution >= 4 is 23.4 Å². The molecule has 14 heteroatoms. The van der Waals surface area contributed by atoms with Gasteiger partial charge in [0.05, 0.1) is 0 Å². The summed E-state index contributed by atoms with van der Waals surface area (Å²) < 4.78 is 30.2. The van der Waals surface area contributed by atoms with Gasteiger partial charge in [-0.2, -0.15) is 5.21 Å². The Hall–Kier alpha value is -5.08. The third kappa shape index (κ3) is 8.55. The van der Waals surface area contributed by atoms with Gasteiger partial charge in [-0.3, -0.25) is 14.4 Å². The van der Waals surface area contributed by atoms with E-state index in [1.807, 2.05) is 0 Å². The number of H-pyrrole nitrogens is 1. The van der Waals surface area contributed by atoms with Crippen molar-refractivity contribution in [2.45, 2.75) is 57.0 Å². The third-order valence-electron chi connectivity index (χ3n) is 9.61. The van der Waals surface area contributed by atoms with E-state index in [1.54, 1.807) is 48.5 Å². The molecule has 12 nitrogen and oxygen atoms in total. The van der Waals surface area contributed by atoms with E-state index >= 15 is 8.78 Å². The molecule has 0 bridgehead atoms. The van der Waals surface area contributed by atoms with Gasteiger partial charge in [-0.1, -0.05) is 24.3 Å². The number of carbonyl (C=O) groups excluding carboxylic acids is 3. The van der Waals surface area contributed by atoms with Crippen molar-refractivity contribution in [2.75, 3.05) is 25.0 Å². The minimum Gasteiger partial charge on any atom is -0.349 e. The molecule has 0 radical (unpaired) electrons. The van der Waals surface area contributed by atoms with Gasteiger partial charge in [0.25, 0.3) is 5.91 Å². The van der Waals surface area contributed by atoms with Crippen molar-refractivity contribution < 1.29 is 23.2 Å². The predicted molar refractivity (Wildman–Crippen MR) is 184 cm³/mol. The zero-order valence-corrected chi connectivity index (χ0v) is 27.6. The fraction of sp³-hybridized carbons (Fsp3) is 0.389. The van der Waals surface area contributed by atoms with Crippen molar-refractivity contribution in [3.63, 3.8) is 0 Å². The van der Waals surface area contributed by atoms with Crippen molar-refractivity contribution in [1.82, 2.24) is 36.6 Å². The van der Waals surface area contributed by atoms with Crippen LogP contribution in [0.5, 0.6) is 0 Å². The lowest BCUT2D eigenvalue weighted by Crippen LogP contribution is -2.48. The van der Waals surface area contributed by atoms with Crippen LogP contribution in [0.25, 0.3) is 22.5 Å². The first-order valence-corrected chi connectivity index (χ1v) is 17.0. The number of halogens is 2. The van der Waals surface area contributed by atoms with Crippen LogP contribution in [-0.4, -0.2) is 70.1 Å². The lowest BCUT2D eigenvalue weighted by atomic mass is 9.81. The molecule has 2 aliphatic rings. The number of nitrogens with one attached hydrogen (secondary N) is 5. The fourth-order valence-corrected chi connectivity index (χ4v) is 6.62. The molecule has 4 aromatic rings. The van der Waals surface area contributed by atoms with E-state index in [9.17, 15) is 14.4 Å². The van der Waals surface area contributed by atoms with Crippen LogP contribution in [0, 0.1) is 23.5 Å². The summed E-state index contributed by atoms with van der Waals surface area (Å²) in [7, 11) is 0. The fourth-order valence-electron chi connectivity index (χ4n) is 6.62. The Morgan fingerprint density at radius 1 is 0.860 bits per heavy atom. The number of benzene rings is 3. The summed E-state index contributed by atoms with van der Waals surface area (Å²) in [5.74, 6) is -2.62. The van der Waals surface area contributed by atoms with Crippen molar-refractivity contribution in [2.24, 2.45) is 17.6 Å². The monoisotopic (exact) mass is 685 g/mol. The zero-order chi connectivity index (χ0) is 35.0. The Morgan fingerprint density at radius 3 is 2.14 bits per heavy atom. The van der Waals surface area contributed by atoms with Crippen LogP contribution in [0.4, 0.5) is 14.5 Å². The molecule has 1 saturated heterocycles. The summed E-state index contributed by atoms with van der Waals surface area (Å²) in [5.41, 5.74) is 7.99. The van der Waals surface area contributed by atoms with Gasteiger partial charge in [0.1, 0.15) is 23.2 Å². The number of tetrazole rings is 1. The largest absolute Gasteiger partial charge is 0.349 e. The number of nitrogens with zero attached hydrogens (tertiary/aromatic N) is 3. The molecule has 7 N–H and O–H groups in total. The number of piperidine rings is 1. The first kappa shape index (κ1) is 34.8. The van der Waals surface area contributed by atoms with E-state index in [2.05, 4.69) is 41.9 Å². The zero-order valence-electron chi connectivity index (χ0n) is 27.6. The van der Waals surface area contributed by atoms with Gasteiger partial charge in [0.2, 0.25) is 17.6 Å². The summed E-state index contributed by atoms with van der Waals surface area (Å²) in [6.07, 6.45) is 4.71. The van der Waals surface area contributed by atoms with Gasteiger partial charge in [-0.25, -0.2) is 8.78 Å². The molecule has 3 amide bonds. The number of hydrogen-bond donors (Lipinski definition) is 6. The highest BCUT2D eigenvalue weighted by molar-refractivity contribution is 5.98. The Kier molecular flexibility index (Phi) is 11.2. The van der Waals surface area contributed by atoms with Gasteiger partial charge in [-0.15, -0.1) is 10.2 Å². The highest BCUT2D eigenvalue weighted by Crippen LogP contribution is 2.29. The molecule has 50 heavy (non-hydrogen) atoms. The van der Waals surface area contributed by atoms with Gasteiger partial charge in [0.15, 0.2) is 0 Å². The van der Waals surface area contributed by atoms with Crippen molar-refractivity contribution in [3.05, 3.63) is 83.4 Å². The number of nitrogens with two attached hydrogens (primary N) is 1. The summed E-state index contributed by atoms with van der Waals surface area (Å²) in [5, 5.41) is 25.7. The number of amides is 3. The number of rotatable bonds is 11. The van der Waals surface area contributed by atoms with Crippen LogP contribution in [0.1, 0.15) is 54.4 Å². The molecule has 2 fully saturated rings. The van der Waals surface area contributed by atoms with Gasteiger partial charge < -0.3 is 27.0 Å². The summed E-state index contributed by atoms with van der Waals surface area (Å²) in [4.78, 5) is 39.7. The molecule has 1 atom stereocenters. The molecule has 2 heterocycles. The van der Waals surface area contributed by atoms with Gasteiger partial charge in [-0.05, 0) is 122 Å². The minimum atomic E-state index is -0.944. The maximum absolute atomic E-state index is 15.1. The van der Waals surface area contributed by atoms with Crippen molar-refractivity contribution in [3.8, 4) is 22.5 Å². The SMILES string of the molecule is NCC1CCC(C(=O)NC(Cc2ccc(-c3cc(F)c(C(=O)NC4CCNCC4)c(F)c3)cc2)C(=O)Nc2ccc(-c3nn[nH]n3)cc2)CC1. The second kappa shape index (κ2) is 16.1. The maximum Gasteiger partial charge on any atom is 0.257 e. The summed E-state index contributed by atoms with van der Waals surface area (Å²) in [6, 6.07) is 15.1. The maximum atomic E-state index is 15.1. The molecule has 1 aromatic heterocycles. The van der Waals surface area contributed by atoms with Crippen LogP contribution < -0.4 is 27.0 Å². The lowest BCUT2D eigenvalue weighted by Gasteiger charge is -2.28. The average molecular weight is 686 g/mol. The van der Waals surface area contributed by atoms with E-state index in [0.29, 0.717) is 60.8 Å². The molecular formula is C36H41F2N9O3. The topological polar surface area (TPSA) is 180 Å². The van der Waals surface area contributed by atoms with Crippen LogP contribution >= 0.6 is 0 Å². The second-order valence-electron chi connectivity index (χ2n) is 13.0. The first-order chi connectivity index (χ1) is 24.3. The Bertz CT molecular complexity index is 1750. The Morgan fingerprint density at radius 2 is 1.52 bits per heavy atom. The molecule has 1 saturated carbocycles. The number of carbonyl (C=O) groups is 3. The number of aromatic amines is 1. The summed E-state index contributed by atoms with van der Waals surface area (Å²) in [6.45, 7) is 2.06. The molecule has 262 valence electrons. The molecule has 1 aliphatic carbocycles. The molecular weight excluding hydrogens is 644 g/mol. The van der Waals surface area contributed by atoms with Crippen molar-refractivity contribution in [1.29, 1.82) is 0 Å². The summed E-state index contributed by atoms with van der Waals surface area (Å²) >= 11 is 0. The molecule has 6 rings (SSSR count). The Balaban J connectivity index is 1.15. The van der Waals surface area contributed by atoms with E-state index in [-0.39, 0.29) is 29.9 Å². The lowest BCUT2D eigenvalue weighted by molar-refractivity contribution is -0.130. The van der Waals surface area contributed by atoms with Crippen LogP contribution in [0.3, 0.4) is 0 Å². The first-order valence-electron chi connectivity index (χ1n) is 17.0. The molecule has 1 unspecified atom stereocenters. The quantitative estimate of drug-likeness (QED) is 0.138. The molecule has 3 aromatic carbocycles. The van der Waals surface area contributed by atoms with E-state index in [1.165, 1.54) is 0 Å². The predicted octanol–water partition coefficient (Wildman–Crippen LogP) is 3.72. The van der Waals surface area contributed by atoms with Crippen LogP contribution in [-0.2, 0) is 16.0 Å². The minimum absolute atomic E-state index is 0.139. The van der Waals surface area contributed by atoms with E-state index in [0.717, 1.165) is 43.6 Å². The van der Waals surface area contributed by atoms with E-state index < -0.39 is 35.1 Å².